The molecular formula is C13H16N2O3. The summed E-state index contributed by atoms with van der Waals surface area (Å²) in [6.45, 7) is 2.30. The van der Waals surface area contributed by atoms with Gasteiger partial charge in [-0.25, -0.2) is 0 Å². The highest BCUT2D eigenvalue weighted by atomic mass is 16.3. The molecule has 0 radical (unpaired) electrons. The number of nitrogen functional groups attached to an aromatic ring is 1. The van der Waals surface area contributed by atoms with Gasteiger partial charge >= 0.3 is 0 Å². The molecule has 1 aromatic heterocycles. The van der Waals surface area contributed by atoms with Gasteiger partial charge in [0.1, 0.15) is 5.58 Å². The highest BCUT2D eigenvalue weighted by Gasteiger charge is 2.12. The number of aliphatic hydroxyl groups is 1. The van der Waals surface area contributed by atoms with Gasteiger partial charge in [-0.1, -0.05) is 6.92 Å². The summed E-state index contributed by atoms with van der Waals surface area (Å²) in [5, 5.41) is 12.4. The van der Waals surface area contributed by atoms with Gasteiger partial charge in [-0.2, -0.15) is 0 Å². The van der Waals surface area contributed by atoms with Crippen molar-refractivity contribution in [2.75, 3.05) is 18.9 Å². The fourth-order valence-electron chi connectivity index (χ4n) is 1.59. The molecule has 2 aromatic rings. The molecule has 18 heavy (non-hydrogen) atoms. The summed E-state index contributed by atoms with van der Waals surface area (Å²) >= 11 is 0. The Morgan fingerprint density at radius 1 is 1.50 bits per heavy atom. The van der Waals surface area contributed by atoms with E-state index in [1.807, 2.05) is 6.92 Å². The summed E-state index contributed by atoms with van der Waals surface area (Å²) in [7, 11) is 0. The molecule has 0 spiro atoms. The minimum atomic E-state index is -0.287. The first-order valence-electron chi connectivity index (χ1n) is 5.78. The topological polar surface area (TPSA) is 88.5 Å². The maximum atomic E-state index is 11.8. The fraction of sp³-hybridized carbons (Fsp3) is 0.308. The van der Waals surface area contributed by atoms with Crippen molar-refractivity contribution >= 4 is 22.6 Å². The van der Waals surface area contributed by atoms with Gasteiger partial charge in [-0.15, -0.1) is 0 Å². The average Bonchev–Trinajstić information content (AvgIpc) is 2.78. The quantitative estimate of drug-likeness (QED) is 0.713. The lowest BCUT2D eigenvalue weighted by molar-refractivity contribution is 0.0916. The second-order valence-corrected chi connectivity index (χ2v) is 4.41. The summed E-state index contributed by atoms with van der Waals surface area (Å²) in [5.74, 6) is -0.0141. The molecule has 1 amide bonds. The highest BCUT2D eigenvalue weighted by molar-refractivity contribution is 5.96. The predicted octanol–water partition coefficient (Wildman–Crippen LogP) is 1.37. The molecule has 0 aliphatic carbocycles. The number of benzene rings is 1. The molecule has 5 nitrogen and oxygen atoms in total. The van der Waals surface area contributed by atoms with Gasteiger partial charge in [-0.3, -0.25) is 4.79 Å². The molecule has 0 bridgehead atoms. The lowest BCUT2D eigenvalue weighted by Crippen LogP contribution is -2.29. The summed E-state index contributed by atoms with van der Waals surface area (Å²) in [4.78, 5) is 11.8. The number of carbonyl (C=O) groups excluding carboxylic acids is 1. The zero-order chi connectivity index (χ0) is 13.1. The molecule has 1 aromatic carbocycles. The van der Waals surface area contributed by atoms with Crippen molar-refractivity contribution in [3.63, 3.8) is 0 Å². The number of nitrogens with two attached hydrogens (primary N) is 1. The van der Waals surface area contributed by atoms with E-state index in [2.05, 4.69) is 5.32 Å². The van der Waals surface area contributed by atoms with Gasteiger partial charge in [0.05, 0.1) is 0 Å². The smallest absolute Gasteiger partial charge is 0.287 e. The molecule has 1 heterocycles. The summed E-state index contributed by atoms with van der Waals surface area (Å²) < 4.78 is 5.42. The Labute approximate surface area is 105 Å². The number of rotatable bonds is 4. The van der Waals surface area contributed by atoms with Crippen molar-refractivity contribution in [1.82, 2.24) is 5.32 Å². The highest BCUT2D eigenvalue weighted by Crippen LogP contribution is 2.21. The summed E-state index contributed by atoms with van der Waals surface area (Å²) in [6, 6.07) is 6.87. The minimum absolute atomic E-state index is 0.0222. The number of nitrogens with one attached hydrogen (secondary N) is 1. The average molecular weight is 248 g/mol. The van der Waals surface area contributed by atoms with Crippen molar-refractivity contribution in [3.8, 4) is 0 Å². The van der Waals surface area contributed by atoms with Crippen LogP contribution in [-0.2, 0) is 0 Å². The van der Waals surface area contributed by atoms with Crippen LogP contribution in [0, 0.1) is 5.92 Å². The number of hydrogen-bond acceptors (Lipinski definition) is 4. The SMILES string of the molecule is CC(CO)CNC(=O)c1cc2cc(N)ccc2o1. The molecule has 1 unspecified atom stereocenters. The fourth-order valence-corrected chi connectivity index (χ4v) is 1.59. The van der Waals surface area contributed by atoms with Crippen LogP contribution < -0.4 is 11.1 Å². The van der Waals surface area contributed by atoms with Crippen LogP contribution in [0.1, 0.15) is 17.5 Å². The number of hydrogen-bond donors (Lipinski definition) is 3. The molecule has 4 N–H and O–H groups in total. The first-order chi connectivity index (χ1) is 8.60. The van der Waals surface area contributed by atoms with Crippen LogP contribution in [-0.4, -0.2) is 24.2 Å². The summed E-state index contributed by atoms with van der Waals surface area (Å²) in [5.41, 5.74) is 6.91. The van der Waals surface area contributed by atoms with E-state index in [4.69, 9.17) is 15.3 Å². The zero-order valence-corrected chi connectivity index (χ0v) is 10.1. The molecular weight excluding hydrogens is 232 g/mol. The molecule has 0 saturated carbocycles. The maximum absolute atomic E-state index is 11.8. The molecule has 0 fully saturated rings. The van der Waals surface area contributed by atoms with E-state index in [-0.39, 0.29) is 24.2 Å². The van der Waals surface area contributed by atoms with Crippen LogP contribution in [0.4, 0.5) is 5.69 Å². The zero-order valence-electron chi connectivity index (χ0n) is 10.1. The lowest BCUT2D eigenvalue weighted by Gasteiger charge is -2.07. The van der Waals surface area contributed by atoms with E-state index in [0.29, 0.717) is 17.8 Å². The molecule has 0 aliphatic rings. The van der Waals surface area contributed by atoms with Gasteiger partial charge < -0.3 is 20.6 Å². The van der Waals surface area contributed by atoms with Crippen molar-refractivity contribution in [2.24, 2.45) is 5.92 Å². The lowest BCUT2D eigenvalue weighted by atomic mass is 10.2. The van der Waals surface area contributed by atoms with E-state index in [0.717, 1.165) is 5.39 Å². The summed E-state index contributed by atoms with van der Waals surface area (Å²) in [6.07, 6.45) is 0. The standard InChI is InChI=1S/C13H16N2O3/c1-8(7-16)6-15-13(17)12-5-9-4-10(14)2-3-11(9)18-12/h2-5,8,16H,6-7,14H2,1H3,(H,15,17). The number of aliphatic hydroxyl groups excluding tert-OH is 1. The van der Waals surface area contributed by atoms with Gasteiger partial charge in [0.2, 0.25) is 0 Å². The van der Waals surface area contributed by atoms with Crippen molar-refractivity contribution in [1.29, 1.82) is 0 Å². The van der Waals surface area contributed by atoms with Gasteiger partial charge in [0, 0.05) is 24.2 Å². The maximum Gasteiger partial charge on any atom is 0.287 e. The van der Waals surface area contributed by atoms with E-state index in [1.54, 1.807) is 24.3 Å². The third kappa shape index (κ3) is 2.62. The van der Waals surface area contributed by atoms with Crippen LogP contribution >= 0.6 is 0 Å². The molecule has 0 aliphatic heterocycles. The van der Waals surface area contributed by atoms with Crippen LogP contribution in [0.3, 0.4) is 0 Å². The molecule has 0 saturated heterocycles. The molecule has 5 heteroatoms. The van der Waals surface area contributed by atoms with Crippen LogP contribution in [0.25, 0.3) is 11.0 Å². The Morgan fingerprint density at radius 2 is 2.28 bits per heavy atom. The van der Waals surface area contributed by atoms with Gasteiger partial charge in [-0.05, 0) is 30.2 Å². The van der Waals surface area contributed by atoms with Crippen LogP contribution in [0.5, 0.6) is 0 Å². The Bertz CT molecular complexity index is 562. The number of furan rings is 1. The normalized spacial score (nSPS) is 12.6. The Balaban J connectivity index is 2.13. The van der Waals surface area contributed by atoms with E-state index >= 15 is 0 Å². The predicted molar refractivity (Wildman–Crippen MR) is 69.2 cm³/mol. The van der Waals surface area contributed by atoms with Crippen LogP contribution in [0.2, 0.25) is 0 Å². The second kappa shape index (κ2) is 5.10. The Morgan fingerprint density at radius 3 is 3.00 bits per heavy atom. The van der Waals surface area contributed by atoms with Crippen molar-refractivity contribution in [3.05, 3.63) is 30.0 Å². The molecule has 1 atom stereocenters. The largest absolute Gasteiger partial charge is 0.451 e. The van der Waals surface area contributed by atoms with Gasteiger partial charge in [0.15, 0.2) is 5.76 Å². The van der Waals surface area contributed by atoms with Crippen LogP contribution in [0.15, 0.2) is 28.7 Å². The first kappa shape index (κ1) is 12.4. The van der Waals surface area contributed by atoms with Crippen molar-refractivity contribution < 1.29 is 14.3 Å². The number of fused-ring (bicyclic) bond motifs is 1. The molecule has 96 valence electrons. The first-order valence-corrected chi connectivity index (χ1v) is 5.78. The van der Waals surface area contributed by atoms with Gasteiger partial charge in [0.25, 0.3) is 5.91 Å². The number of carbonyl (C=O) groups is 1. The Hall–Kier alpha value is -2.01. The van der Waals surface area contributed by atoms with Crippen molar-refractivity contribution in [2.45, 2.75) is 6.92 Å². The van der Waals surface area contributed by atoms with E-state index in [1.165, 1.54) is 0 Å². The monoisotopic (exact) mass is 248 g/mol. The third-order valence-corrected chi connectivity index (χ3v) is 2.69. The van der Waals surface area contributed by atoms with E-state index in [9.17, 15) is 4.79 Å². The molecule has 2 rings (SSSR count). The second-order valence-electron chi connectivity index (χ2n) is 4.41. The van der Waals surface area contributed by atoms with E-state index < -0.39 is 0 Å². The Kier molecular flexibility index (Phi) is 3.53. The number of amides is 1. The number of anilines is 1. The third-order valence-electron chi connectivity index (χ3n) is 2.69. The minimum Gasteiger partial charge on any atom is -0.451 e.